The monoisotopic (exact) mass is 310 g/mol. The lowest BCUT2D eigenvalue weighted by Gasteiger charge is -2.25. The third-order valence-electron chi connectivity index (χ3n) is 4.36. The van der Waals surface area contributed by atoms with Crippen LogP contribution in [0.25, 0.3) is 16.3 Å². The van der Waals surface area contributed by atoms with E-state index in [4.69, 9.17) is 0 Å². The van der Waals surface area contributed by atoms with Crippen molar-refractivity contribution in [3.8, 4) is 0 Å². The first-order chi connectivity index (χ1) is 9.34. The first-order valence-electron chi connectivity index (χ1n) is 6.93. The zero-order valence-corrected chi connectivity index (χ0v) is 12.3. The summed E-state index contributed by atoms with van der Waals surface area (Å²) in [6, 6.07) is 11.1. The number of allylic oxidation sites excluding steroid dienone is 4. The average Bonchev–Trinajstić information content (AvgIpc) is 2.47. The molecule has 2 aromatic rings. The molecule has 94 valence electrons. The van der Waals surface area contributed by atoms with Crippen LogP contribution in [0, 0.1) is 0 Å². The van der Waals surface area contributed by atoms with Crippen LogP contribution in [0.3, 0.4) is 0 Å². The Hall–Kier alpha value is -1.34. The van der Waals surface area contributed by atoms with Crippen LogP contribution in [0.1, 0.15) is 30.4 Å². The number of benzene rings is 2. The maximum Gasteiger partial charge on any atom is 0.0253 e. The average molecular weight is 311 g/mol. The number of hydrogen-bond donors (Lipinski definition) is 0. The molecular formula is C18H15Br. The highest BCUT2D eigenvalue weighted by atomic mass is 79.9. The Balaban J connectivity index is 2.04. The summed E-state index contributed by atoms with van der Waals surface area (Å²) in [5, 5.41) is 2.75. The molecule has 4 rings (SSSR count). The molecule has 0 N–H and O–H groups in total. The lowest BCUT2D eigenvalue weighted by Crippen LogP contribution is -2.07. The van der Waals surface area contributed by atoms with E-state index in [1.165, 1.54) is 57.6 Å². The summed E-state index contributed by atoms with van der Waals surface area (Å²) in [5.74, 6) is 0. The Bertz CT molecular complexity index is 735. The van der Waals surface area contributed by atoms with Gasteiger partial charge in [-0.1, -0.05) is 57.9 Å². The molecule has 0 saturated heterocycles. The highest BCUT2D eigenvalue weighted by molar-refractivity contribution is 9.10. The molecule has 0 aromatic heterocycles. The van der Waals surface area contributed by atoms with Gasteiger partial charge < -0.3 is 0 Å². The van der Waals surface area contributed by atoms with Crippen LogP contribution in [0.2, 0.25) is 0 Å². The summed E-state index contributed by atoms with van der Waals surface area (Å²) in [4.78, 5) is 0. The van der Waals surface area contributed by atoms with Crippen LogP contribution in [-0.4, -0.2) is 0 Å². The lowest BCUT2D eigenvalue weighted by atomic mass is 9.80. The molecule has 0 amide bonds. The van der Waals surface area contributed by atoms with Crippen molar-refractivity contribution in [2.24, 2.45) is 0 Å². The highest BCUT2D eigenvalue weighted by Gasteiger charge is 2.20. The molecule has 0 nitrogen and oxygen atoms in total. The number of hydrogen-bond acceptors (Lipinski definition) is 0. The van der Waals surface area contributed by atoms with Gasteiger partial charge in [-0.2, -0.15) is 0 Å². The molecule has 0 unspecified atom stereocenters. The number of aryl methyl sites for hydroxylation is 1. The second-order valence-electron chi connectivity index (χ2n) is 5.38. The fourth-order valence-electron chi connectivity index (χ4n) is 3.43. The van der Waals surface area contributed by atoms with Gasteiger partial charge in [0.25, 0.3) is 0 Å². The predicted molar refractivity (Wildman–Crippen MR) is 85.3 cm³/mol. The van der Waals surface area contributed by atoms with Crippen LogP contribution in [0.15, 0.2) is 52.5 Å². The van der Waals surface area contributed by atoms with Crippen molar-refractivity contribution < 1.29 is 0 Å². The molecule has 2 aromatic carbocycles. The van der Waals surface area contributed by atoms with Crippen LogP contribution < -0.4 is 0 Å². The summed E-state index contributed by atoms with van der Waals surface area (Å²) >= 11 is 3.67. The van der Waals surface area contributed by atoms with Crippen molar-refractivity contribution in [1.29, 1.82) is 0 Å². The van der Waals surface area contributed by atoms with E-state index in [-0.39, 0.29) is 0 Å². The standard InChI is InChI=1S/C18H15Br/c19-18-7-3-6-14-16-9-8-12-4-1-2-5-13(12)15(16)10-11-17(14)18/h2-3,5-7,10-11H,1,4,8-9H2. The third-order valence-corrected chi connectivity index (χ3v) is 5.06. The predicted octanol–water partition coefficient (Wildman–Crippen LogP) is 5.65. The van der Waals surface area contributed by atoms with Gasteiger partial charge in [0, 0.05) is 4.47 Å². The van der Waals surface area contributed by atoms with E-state index in [0.29, 0.717) is 0 Å². The maximum atomic E-state index is 3.67. The van der Waals surface area contributed by atoms with Crippen molar-refractivity contribution in [1.82, 2.24) is 0 Å². The normalized spacial score (nSPS) is 17.5. The van der Waals surface area contributed by atoms with Gasteiger partial charge in [-0.05, 0) is 59.2 Å². The second kappa shape index (κ2) is 4.35. The summed E-state index contributed by atoms with van der Waals surface area (Å²) in [6.07, 6.45) is 9.54. The van der Waals surface area contributed by atoms with E-state index in [9.17, 15) is 0 Å². The number of halogens is 1. The van der Waals surface area contributed by atoms with Gasteiger partial charge >= 0.3 is 0 Å². The zero-order valence-electron chi connectivity index (χ0n) is 10.7. The Labute approximate surface area is 122 Å². The molecule has 19 heavy (non-hydrogen) atoms. The van der Waals surface area contributed by atoms with E-state index < -0.39 is 0 Å². The van der Waals surface area contributed by atoms with E-state index in [0.717, 1.165) is 0 Å². The van der Waals surface area contributed by atoms with Crippen LogP contribution in [0.4, 0.5) is 0 Å². The minimum absolute atomic E-state index is 1.19. The third kappa shape index (κ3) is 1.72. The largest absolute Gasteiger partial charge is 0.0836 e. The van der Waals surface area contributed by atoms with Gasteiger partial charge in [-0.25, -0.2) is 0 Å². The molecule has 1 heteroatoms. The summed E-state index contributed by atoms with van der Waals surface area (Å²) in [7, 11) is 0. The number of fused-ring (bicyclic) bond motifs is 4. The van der Waals surface area contributed by atoms with Gasteiger partial charge in [-0.15, -0.1) is 0 Å². The lowest BCUT2D eigenvalue weighted by molar-refractivity contribution is 0.831. The Morgan fingerprint density at radius 1 is 0.895 bits per heavy atom. The van der Waals surface area contributed by atoms with E-state index in [2.05, 4.69) is 58.4 Å². The molecule has 0 heterocycles. The van der Waals surface area contributed by atoms with Crippen molar-refractivity contribution in [2.75, 3.05) is 0 Å². The highest BCUT2D eigenvalue weighted by Crippen LogP contribution is 2.40. The molecule has 2 aliphatic carbocycles. The van der Waals surface area contributed by atoms with Gasteiger partial charge in [0.15, 0.2) is 0 Å². The van der Waals surface area contributed by atoms with E-state index >= 15 is 0 Å². The van der Waals surface area contributed by atoms with Crippen LogP contribution in [0.5, 0.6) is 0 Å². The second-order valence-corrected chi connectivity index (χ2v) is 6.24. The van der Waals surface area contributed by atoms with Crippen LogP contribution >= 0.6 is 15.9 Å². The Morgan fingerprint density at radius 3 is 2.79 bits per heavy atom. The summed E-state index contributed by atoms with van der Waals surface area (Å²) < 4.78 is 1.20. The van der Waals surface area contributed by atoms with E-state index in [1.54, 1.807) is 5.57 Å². The van der Waals surface area contributed by atoms with Crippen molar-refractivity contribution in [2.45, 2.75) is 25.7 Å². The molecule has 2 aliphatic rings. The molecule has 0 bridgehead atoms. The van der Waals surface area contributed by atoms with Crippen LogP contribution in [-0.2, 0) is 6.42 Å². The molecular weight excluding hydrogens is 296 g/mol. The fraction of sp³-hybridized carbons (Fsp3) is 0.222. The fourth-order valence-corrected chi connectivity index (χ4v) is 3.93. The van der Waals surface area contributed by atoms with Gasteiger partial charge in [0.05, 0.1) is 0 Å². The molecule has 0 aliphatic heterocycles. The minimum Gasteiger partial charge on any atom is -0.0836 e. The quantitative estimate of drug-likeness (QED) is 0.589. The zero-order chi connectivity index (χ0) is 12.8. The smallest absolute Gasteiger partial charge is 0.0253 e. The Kier molecular flexibility index (Phi) is 2.63. The van der Waals surface area contributed by atoms with Gasteiger partial charge in [0.1, 0.15) is 0 Å². The van der Waals surface area contributed by atoms with Crippen molar-refractivity contribution >= 4 is 32.3 Å². The molecule has 0 saturated carbocycles. The van der Waals surface area contributed by atoms with E-state index in [1.807, 2.05) is 0 Å². The maximum absolute atomic E-state index is 3.67. The molecule has 0 fully saturated rings. The topological polar surface area (TPSA) is 0 Å². The van der Waals surface area contributed by atoms with Gasteiger partial charge in [-0.3, -0.25) is 0 Å². The first-order valence-corrected chi connectivity index (χ1v) is 7.73. The molecule has 0 radical (unpaired) electrons. The minimum atomic E-state index is 1.19. The molecule has 0 spiro atoms. The van der Waals surface area contributed by atoms with Crippen molar-refractivity contribution in [3.63, 3.8) is 0 Å². The van der Waals surface area contributed by atoms with Crippen molar-refractivity contribution in [3.05, 3.63) is 63.7 Å². The molecule has 0 atom stereocenters. The summed E-state index contributed by atoms with van der Waals surface area (Å²) in [6.45, 7) is 0. The Morgan fingerprint density at radius 2 is 1.84 bits per heavy atom. The number of rotatable bonds is 0. The van der Waals surface area contributed by atoms with Gasteiger partial charge in [0.2, 0.25) is 0 Å². The summed E-state index contributed by atoms with van der Waals surface area (Å²) in [5.41, 5.74) is 6.14. The SMILES string of the molecule is Brc1cccc2c3c(ccc12)C1=C(CCC=C1)CC3. The first kappa shape index (κ1) is 11.5.